The van der Waals surface area contributed by atoms with Crippen molar-refractivity contribution in [3.8, 4) is 0 Å². The molecule has 4 saturated carbocycles. The quantitative estimate of drug-likeness (QED) is 0.670. The maximum atomic E-state index is 13.2. The van der Waals surface area contributed by atoms with E-state index in [4.69, 9.17) is 0 Å². The van der Waals surface area contributed by atoms with Crippen LogP contribution in [-0.2, 0) is 16.2 Å². The number of piperidine rings is 1. The number of nitrogens with one attached hydrogen (secondary N) is 2. The molecule has 2 amide bonds. The van der Waals surface area contributed by atoms with Crippen molar-refractivity contribution in [1.29, 1.82) is 0 Å². The normalized spacial score (nSPS) is 39.0. The molecule has 0 bridgehead atoms. The number of carbonyl (C=O) groups excluding carboxylic acids is 1. The zero-order chi connectivity index (χ0) is 23.2. The molecule has 1 spiro atoms. The largest absolute Gasteiger partial charge is 0.416 e. The van der Waals surface area contributed by atoms with Crippen molar-refractivity contribution in [1.82, 2.24) is 14.9 Å². The van der Waals surface area contributed by atoms with Gasteiger partial charge in [-0.25, -0.2) is 13.2 Å². The molecule has 2 N–H and O–H groups in total. The summed E-state index contributed by atoms with van der Waals surface area (Å²) in [7, 11) is -3.96. The number of carbonyl (C=O) groups is 1. The molecule has 5 unspecified atom stereocenters. The minimum atomic E-state index is -4.52. The van der Waals surface area contributed by atoms with E-state index in [9.17, 15) is 26.4 Å². The fraction of sp³-hybridized carbons (Fsp3) is 0.696. The summed E-state index contributed by atoms with van der Waals surface area (Å²) in [6.45, 7) is 0.473. The average molecular weight is 484 g/mol. The first-order valence-corrected chi connectivity index (χ1v) is 13.3. The molecule has 6 atom stereocenters. The summed E-state index contributed by atoms with van der Waals surface area (Å²) in [5.74, 6) is 2.33. The Morgan fingerprint density at radius 1 is 1.06 bits per heavy atom. The predicted octanol–water partition coefficient (Wildman–Crippen LogP) is 3.74. The number of halogens is 3. The molecule has 4 aliphatic carbocycles. The SMILES string of the molecule is O=C(NCC1CCCCN1S(=O)(=O)c1ccc(C(F)(F)F)cc1)NC12CC3CC4C[C@@H](C1)C432. The summed E-state index contributed by atoms with van der Waals surface area (Å²) >= 11 is 0. The van der Waals surface area contributed by atoms with E-state index in [0.717, 1.165) is 61.3 Å². The van der Waals surface area contributed by atoms with Gasteiger partial charge in [-0.2, -0.15) is 17.5 Å². The Morgan fingerprint density at radius 3 is 2.30 bits per heavy atom. The summed E-state index contributed by atoms with van der Waals surface area (Å²) in [5.41, 5.74) is -0.565. The van der Waals surface area contributed by atoms with Gasteiger partial charge in [-0.1, -0.05) is 6.42 Å². The fourth-order valence-corrected chi connectivity index (χ4v) is 9.76. The molecule has 5 aliphatic rings. The second kappa shape index (κ2) is 6.87. The molecule has 1 heterocycles. The second-order valence-electron chi connectivity index (χ2n) is 10.6. The minimum absolute atomic E-state index is 0.0495. The van der Waals surface area contributed by atoms with Crippen LogP contribution in [0.2, 0.25) is 0 Å². The first-order valence-electron chi connectivity index (χ1n) is 11.8. The lowest BCUT2D eigenvalue weighted by Crippen LogP contribution is -2.93. The minimum Gasteiger partial charge on any atom is -0.337 e. The fourth-order valence-electron chi connectivity index (χ4n) is 8.06. The molecule has 180 valence electrons. The van der Waals surface area contributed by atoms with Gasteiger partial charge in [-0.15, -0.1) is 0 Å². The van der Waals surface area contributed by atoms with Gasteiger partial charge in [0.05, 0.1) is 10.5 Å². The van der Waals surface area contributed by atoms with E-state index in [0.29, 0.717) is 18.3 Å². The van der Waals surface area contributed by atoms with Crippen molar-refractivity contribution < 1.29 is 26.4 Å². The van der Waals surface area contributed by atoms with Crippen molar-refractivity contribution >= 4 is 16.1 Å². The van der Waals surface area contributed by atoms with Gasteiger partial charge in [0, 0.05) is 30.1 Å². The van der Waals surface area contributed by atoms with Gasteiger partial charge in [0.1, 0.15) is 0 Å². The average Bonchev–Trinajstić information content (AvgIpc) is 2.72. The third-order valence-electron chi connectivity index (χ3n) is 9.40. The molecule has 10 heteroatoms. The van der Waals surface area contributed by atoms with Gasteiger partial charge in [0.15, 0.2) is 0 Å². The van der Waals surface area contributed by atoms with Crippen LogP contribution in [0.25, 0.3) is 0 Å². The van der Waals surface area contributed by atoms with Crippen molar-refractivity contribution in [2.24, 2.45) is 23.2 Å². The number of hydrogen-bond acceptors (Lipinski definition) is 3. The first kappa shape index (κ1) is 21.7. The third-order valence-corrected chi connectivity index (χ3v) is 11.4. The van der Waals surface area contributed by atoms with Crippen LogP contribution < -0.4 is 10.6 Å². The monoisotopic (exact) mass is 483 g/mol. The van der Waals surface area contributed by atoms with Crippen LogP contribution in [0.4, 0.5) is 18.0 Å². The zero-order valence-corrected chi connectivity index (χ0v) is 19.0. The van der Waals surface area contributed by atoms with E-state index in [1.807, 2.05) is 0 Å². The lowest BCUT2D eigenvalue weighted by molar-refractivity contribution is -0.393. The molecule has 5 fully saturated rings. The second-order valence-corrected chi connectivity index (χ2v) is 12.5. The summed E-state index contributed by atoms with van der Waals surface area (Å²) < 4.78 is 66.3. The topological polar surface area (TPSA) is 78.5 Å². The lowest BCUT2D eigenvalue weighted by atomic mass is 9.15. The number of sulfonamides is 1. The Labute approximate surface area is 191 Å². The van der Waals surface area contributed by atoms with E-state index in [1.165, 1.54) is 17.1 Å². The Kier molecular flexibility index (Phi) is 4.52. The first-order chi connectivity index (χ1) is 15.6. The molecule has 6 rings (SSSR count). The van der Waals surface area contributed by atoms with Crippen LogP contribution in [-0.4, -0.2) is 43.4 Å². The smallest absolute Gasteiger partial charge is 0.337 e. The van der Waals surface area contributed by atoms with Crippen molar-refractivity contribution in [3.63, 3.8) is 0 Å². The van der Waals surface area contributed by atoms with Crippen LogP contribution in [0.15, 0.2) is 29.2 Å². The van der Waals surface area contributed by atoms with Gasteiger partial charge in [-0.05, 0) is 80.5 Å². The molecule has 0 radical (unpaired) electrons. The highest BCUT2D eigenvalue weighted by molar-refractivity contribution is 7.89. The van der Waals surface area contributed by atoms with Gasteiger partial charge in [0.2, 0.25) is 10.0 Å². The standard InChI is InChI=1S/C23H28F3N3O3S/c24-23(25,26)14-4-6-19(7-5-14)33(31,32)29-8-2-1-3-18(29)13-27-20(30)28-21-11-16-9-15-10-17(12-21)22(15,16)21/h4-7,15-18H,1-3,8-13H2,(H2,27,28,30)/t15?,16-,17?,18?,21?,22?/m0/s1. The van der Waals surface area contributed by atoms with Crippen molar-refractivity contribution in [3.05, 3.63) is 29.8 Å². The summed E-state index contributed by atoms with van der Waals surface area (Å²) in [5, 5.41) is 6.13. The number of hydrogen-bond donors (Lipinski definition) is 2. The van der Waals surface area contributed by atoms with Crippen LogP contribution in [0, 0.1) is 23.2 Å². The van der Waals surface area contributed by atoms with E-state index in [-0.39, 0.29) is 29.6 Å². The number of benzene rings is 1. The zero-order valence-electron chi connectivity index (χ0n) is 18.2. The van der Waals surface area contributed by atoms with Crippen LogP contribution in [0.3, 0.4) is 0 Å². The van der Waals surface area contributed by atoms with Crippen LogP contribution in [0.1, 0.15) is 50.5 Å². The Bertz CT molecular complexity index is 1060. The predicted molar refractivity (Wildman–Crippen MR) is 114 cm³/mol. The molecule has 1 saturated heterocycles. The maximum Gasteiger partial charge on any atom is 0.416 e. The number of urea groups is 1. The molecule has 1 aromatic rings. The Balaban J connectivity index is 1.11. The van der Waals surface area contributed by atoms with Gasteiger partial charge < -0.3 is 10.6 Å². The van der Waals surface area contributed by atoms with E-state index < -0.39 is 27.8 Å². The molecule has 33 heavy (non-hydrogen) atoms. The van der Waals surface area contributed by atoms with Crippen molar-refractivity contribution in [2.75, 3.05) is 13.1 Å². The maximum absolute atomic E-state index is 13.2. The highest BCUT2D eigenvalue weighted by Crippen LogP contribution is 2.89. The number of rotatable bonds is 5. The number of amides is 2. The Hall–Kier alpha value is -1.81. The van der Waals surface area contributed by atoms with Crippen molar-refractivity contribution in [2.45, 2.75) is 67.6 Å². The Morgan fingerprint density at radius 2 is 1.73 bits per heavy atom. The number of nitrogens with zero attached hydrogens (tertiary/aromatic N) is 1. The molecular formula is C23H28F3N3O3S. The number of alkyl halides is 3. The summed E-state index contributed by atoms with van der Waals surface area (Å²) in [6.07, 6.45) is 2.33. The van der Waals surface area contributed by atoms with E-state index in [1.54, 1.807) is 0 Å². The van der Waals surface area contributed by atoms with Gasteiger partial charge >= 0.3 is 12.2 Å². The van der Waals surface area contributed by atoms with Gasteiger partial charge in [0.25, 0.3) is 0 Å². The van der Waals surface area contributed by atoms with E-state index in [2.05, 4.69) is 10.6 Å². The highest BCUT2D eigenvalue weighted by Gasteiger charge is 2.88. The van der Waals surface area contributed by atoms with Crippen LogP contribution >= 0.6 is 0 Å². The molecule has 1 aromatic carbocycles. The van der Waals surface area contributed by atoms with Gasteiger partial charge in [-0.3, -0.25) is 0 Å². The summed E-state index contributed by atoms with van der Waals surface area (Å²) in [6, 6.07) is 2.95. The highest BCUT2D eigenvalue weighted by atomic mass is 32.2. The molecule has 6 nitrogen and oxygen atoms in total. The summed E-state index contributed by atoms with van der Waals surface area (Å²) in [4.78, 5) is 12.6. The third kappa shape index (κ3) is 2.82. The van der Waals surface area contributed by atoms with E-state index >= 15 is 0 Å². The van der Waals surface area contributed by atoms with Crippen LogP contribution in [0.5, 0.6) is 0 Å². The lowest BCUT2D eigenvalue weighted by Gasteiger charge is -2.90. The molecule has 0 aromatic heterocycles. The molecular weight excluding hydrogens is 455 g/mol. The molecule has 1 aliphatic heterocycles.